The normalized spacial score (nSPS) is 17.2. The van der Waals surface area contributed by atoms with E-state index in [4.69, 9.17) is 0 Å². The van der Waals surface area contributed by atoms with Gasteiger partial charge in [0, 0.05) is 24.0 Å². The first-order chi connectivity index (χ1) is 11.1. The summed E-state index contributed by atoms with van der Waals surface area (Å²) in [7, 11) is 0. The van der Waals surface area contributed by atoms with Gasteiger partial charge in [-0.1, -0.05) is 30.3 Å². The summed E-state index contributed by atoms with van der Waals surface area (Å²) in [6.07, 6.45) is -1.25. The zero-order chi connectivity index (χ0) is 16.0. The number of halogens is 1. The van der Waals surface area contributed by atoms with Gasteiger partial charge in [-0.15, -0.1) is 0 Å². The molecular formula is C18H15FN2O2. The lowest BCUT2D eigenvalue weighted by molar-refractivity contribution is 0.0697. The highest BCUT2D eigenvalue weighted by Crippen LogP contribution is 2.35. The Morgan fingerprint density at radius 2 is 2.04 bits per heavy atom. The molecule has 116 valence electrons. The van der Waals surface area contributed by atoms with Gasteiger partial charge in [0.05, 0.1) is 16.8 Å². The summed E-state index contributed by atoms with van der Waals surface area (Å²) in [4.78, 5) is 11.2. The molecule has 1 atom stereocenters. The lowest BCUT2D eigenvalue weighted by atomic mass is 10.0. The summed E-state index contributed by atoms with van der Waals surface area (Å²) < 4.78 is 16.4. The number of fused-ring (bicyclic) bond motifs is 5. The Morgan fingerprint density at radius 3 is 2.87 bits per heavy atom. The molecule has 0 saturated carbocycles. The SMILES string of the molecule is O=C(O)c1ccc2cc3n(c2c1)C(F)CNCc1ccccc1-3. The number of rotatable bonds is 1. The Kier molecular flexibility index (Phi) is 3.16. The fourth-order valence-electron chi connectivity index (χ4n) is 3.20. The second kappa shape index (κ2) is 5.21. The third kappa shape index (κ3) is 2.21. The number of hydrogen-bond donors (Lipinski definition) is 2. The second-order valence-corrected chi connectivity index (χ2v) is 5.70. The molecule has 0 bridgehead atoms. The minimum absolute atomic E-state index is 0.161. The molecular weight excluding hydrogens is 295 g/mol. The number of nitrogens with zero attached hydrogens (tertiary/aromatic N) is 1. The molecule has 1 aliphatic heterocycles. The Hall–Kier alpha value is -2.66. The number of nitrogens with one attached hydrogen (secondary N) is 1. The summed E-state index contributed by atoms with van der Waals surface area (Å²) in [5, 5.41) is 13.1. The monoisotopic (exact) mass is 310 g/mol. The highest BCUT2D eigenvalue weighted by Gasteiger charge is 2.22. The van der Waals surface area contributed by atoms with Gasteiger partial charge in [0.25, 0.3) is 0 Å². The fourth-order valence-corrected chi connectivity index (χ4v) is 3.20. The molecule has 0 spiro atoms. The van der Waals surface area contributed by atoms with Crippen LogP contribution in [0.25, 0.3) is 22.2 Å². The molecule has 5 heteroatoms. The quantitative estimate of drug-likeness (QED) is 0.722. The lowest BCUT2D eigenvalue weighted by Crippen LogP contribution is -2.25. The summed E-state index contributed by atoms with van der Waals surface area (Å²) in [6.45, 7) is 0.793. The fraction of sp³-hybridized carbons (Fsp3) is 0.167. The van der Waals surface area contributed by atoms with Crippen molar-refractivity contribution in [2.24, 2.45) is 0 Å². The second-order valence-electron chi connectivity index (χ2n) is 5.70. The van der Waals surface area contributed by atoms with E-state index in [-0.39, 0.29) is 12.1 Å². The molecule has 4 nitrogen and oxygen atoms in total. The molecule has 23 heavy (non-hydrogen) atoms. The number of carbonyl (C=O) groups is 1. The van der Waals surface area contributed by atoms with Gasteiger partial charge >= 0.3 is 5.97 Å². The van der Waals surface area contributed by atoms with Crippen molar-refractivity contribution < 1.29 is 14.3 Å². The zero-order valence-electron chi connectivity index (χ0n) is 12.3. The van der Waals surface area contributed by atoms with E-state index < -0.39 is 12.3 Å². The molecule has 2 heterocycles. The van der Waals surface area contributed by atoms with Gasteiger partial charge in [0.15, 0.2) is 6.30 Å². The first kappa shape index (κ1) is 14.0. The van der Waals surface area contributed by atoms with Crippen LogP contribution >= 0.6 is 0 Å². The maximum Gasteiger partial charge on any atom is 0.335 e. The van der Waals surface area contributed by atoms with Crippen molar-refractivity contribution >= 4 is 16.9 Å². The van der Waals surface area contributed by atoms with E-state index in [2.05, 4.69) is 5.32 Å². The number of alkyl halides is 1. The third-order valence-electron chi connectivity index (χ3n) is 4.29. The van der Waals surface area contributed by atoms with Gasteiger partial charge in [-0.2, -0.15) is 0 Å². The van der Waals surface area contributed by atoms with Crippen LogP contribution in [0.5, 0.6) is 0 Å². The Labute approximate surface area is 132 Å². The molecule has 1 aliphatic rings. The van der Waals surface area contributed by atoms with E-state index in [0.29, 0.717) is 12.1 Å². The van der Waals surface area contributed by atoms with Crippen LogP contribution in [0.4, 0.5) is 4.39 Å². The molecule has 4 rings (SSSR count). The number of hydrogen-bond acceptors (Lipinski definition) is 2. The van der Waals surface area contributed by atoms with Crippen molar-refractivity contribution in [3.05, 3.63) is 59.7 Å². The molecule has 0 amide bonds. The standard InChI is InChI=1S/C18H15FN2O2/c19-17-10-20-9-13-3-1-2-4-14(13)16-7-11-5-6-12(18(22)23)8-15(11)21(16)17/h1-8,17,20H,9-10H2,(H,22,23). The van der Waals surface area contributed by atoms with Gasteiger partial charge in [0.2, 0.25) is 0 Å². The van der Waals surface area contributed by atoms with E-state index in [1.807, 2.05) is 30.3 Å². The van der Waals surface area contributed by atoms with Gasteiger partial charge in [0.1, 0.15) is 0 Å². The highest BCUT2D eigenvalue weighted by atomic mass is 19.1. The molecule has 1 aromatic heterocycles. The average Bonchev–Trinajstić information content (AvgIpc) is 2.91. The largest absolute Gasteiger partial charge is 0.478 e. The van der Waals surface area contributed by atoms with Crippen molar-refractivity contribution in [1.29, 1.82) is 0 Å². The minimum Gasteiger partial charge on any atom is -0.478 e. The predicted molar refractivity (Wildman–Crippen MR) is 86.2 cm³/mol. The van der Waals surface area contributed by atoms with Crippen LogP contribution in [-0.4, -0.2) is 22.2 Å². The van der Waals surface area contributed by atoms with Crippen molar-refractivity contribution in [1.82, 2.24) is 9.88 Å². The van der Waals surface area contributed by atoms with E-state index in [1.54, 1.807) is 16.7 Å². The van der Waals surface area contributed by atoms with Crippen LogP contribution in [0.15, 0.2) is 48.5 Å². The maximum absolute atomic E-state index is 14.8. The predicted octanol–water partition coefficient (Wildman–Crippen LogP) is 3.58. The maximum atomic E-state index is 14.8. The molecule has 0 radical (unpaired) electrons. The molecule has 3 aromatic rings. The number of carboxylic acid groups (broad SMARTS) is 1. The summed E-state index contributed by atoms with van der Waals surface area (Å²) in [5.41, 5.74) is 3.62. The Bertz CT molecular complexity index is 917. The van der Waals surface area contributed by atoms with Crippen LogP contribution < -0.4 is 5.32 Å². The zero-order valence-corrected chi connectivity index (χ0v) is 12.3. The Morgan fingerprint density at radius 1 is 1.22 bits per heavy atom. The Balaban J connectivity index is 2.05. The van der Waals surface area contributed by atoms with Gasteiger partial charge < -0.3 is 15.0 Å². The van der Waals surface area contributed by atoms with Crippen LogP contribution in [0.3, 0.4) is 0 Å². The molecule has 0 aliphatic carbocycles. The average molecular weight is 310 g/mol. The van der Waals surface area contributed by atoms with Crippen LogP contribution in [0, 0.1) is 0 Å². The van der Waals surface area contributed by atoms with Crippen molar-refractivity contribution in [3.63, 3.8) is 0 Å². The first-order valence-corrected chi connectivity index (χ1v) is 7.46. The van der Waals surface area contributed by atoms with Crippen LogP contribution in [0.2, 0.25) is 0 Å². The van der Waals surface area contributed by atoms with Crippen molar-refractivity contribution in [2.45, 2.75) is 12.8 Å². The van der Waals surface area contributed by atoms with Gasteiger partial charge in [-0.05, 0) is 23.8 Å². The minimum atomic E-state index is -1.25. The van der Waals surface area contributed by atoms with Gasteiger partial charge in [-0.3, -0.25) is 0 Å². The van der Waals surface area contributed by atoms with Crippen molar-refractivity contribution in [3.8, 4) is 11.3 Å². The van der Waals surface area contributed by atoms with E-state index >= 15 is 0 Å². The molecule has 0 saturated heterocycles. The number of aromatic nitrogens is 1. The highest BCUT2D eigenvalue weighted by molar-refractivity contribution is 5.95. The number of benzene rings is 2. The smallest absolute Gasteiger partial charge is 0.335 e. The summed E-state index contributed by atoms with van der Waals surface area (Å²) >= 11 is 0. The van der Waals surface area contributed by atoms with E-state index in [9.17, 15) is 14.3 Å². The molecule has 2 aromatic carbocycles. The van der Waals surface area contributed by atoms with Crippen LogP contribution in [-0.2, 0) is 6.54 Å². The first-order valence-electron chi connectivity index (χ1n) is 7.46. The van der Waals surface area contributed by atoms with Gasteiger partial charge in [-0.25, -0.2) is 9.18 Å². The van der Waals surface area contributed by atoms with Crippen LogP contribution in [0.1, 0.15) is 22.2 Å². The molecule has 1 unspecified atom stereocenters. The molecule has 2 N–H and O–H groups in total. The summed E-state index contributed by atoms with van der Waals surface area (Å²) in [6, 6.07) is 14.6. The molecule has 0 fully saturated rings. The van der Waals surface area contributed by atoms with Crippen molar-refractivity contribution in [2.75, 3.05) is 6.54 Å². The number of aromatic carboxylic acids is 1. The lowest BCUT2D eigenvalue weighted by Gasteiger charge is -2.22. The number of carboxylic acids is 1. The van der Waals surface area contributed by atoms with E-state index in [0.717, 1.165) is 22.2 Å². The third-order valence-corrected chi connectivity index (χ3v) is 4.29. The summed E-state index contributed by atoms with van der Waals surface area (Å²) in [5.74, 6) is -1.01. The van der Waals surface area contributed by atoms with E-state index in [1.165, 1.54) is 6.07 Å². The topological polar surface area (TPSA) is 54.3 Å².